The number of nitrogen functional groups attached to an aromatic ring is 1. The van der Waals surface area contributed by atoms with Crippen LogP contribution in [0.4, 0.5) is 23.7 Å². The Balaban J connectivity index is 1.15. The summed E-state index contributed by atoms with van der Waals surface area (Å²) >= 11 is 0. The molecule has 43 heavy (non-hydrogen) atoms. The molecule has 0 spiro atoms. The largest absolute Gasteiger partial charge is 0.416 e. The first-order chi connectivity index (χ1) is 20.5. The number of fused-ring (bicyclic) bond motifs is 1. The van der Waals surface area contributed by atoms with E-state index in [4.69, 9.17) is 16.1 Å². The number of alkyl halides is 3. The standard InChI is InChI=1S/C31H32F3N7O2/c1-40-26-11-10-21(17-25(26)39-27(40)12-7-19-5-8-20(9-6-19)28(35)36)29(42)41-15-13-23(14-16-41)37-30(43)38-24-4-2-3-22(18-24)31(32,33)34/h2-6,8-11,17-18,23H,7,12-16H2,1H3,(H3,35,36)(H2,37,38,43). The number of nitrogens with zero attached hydrogens (tertiary/aromatic N) is 3. The van der Waals surface area contributed by atoms with Gasteiger partial charge in [0.1, 0.15) is 11.7 Å². The summed E-state index contributed by atoms with van der Waals surface area (Å²) in [5.41, 5.74) is 8.73. The lowest BCUT2D eigenvalue weighted by Gasteiger charge is -2.32. The van der Waals surface area contributed by atoms with Crippen LogP contribution in [0.15, 0.2) is 66.7 Å². The molecule has 9 nitrogen and oxygen atoms in total. The average Bonchev–Trinajstić information content (AvgIpc) is 3.30. The molecule has 2 heterocycles. The number of benzene rings is 3. The van der Waals surface area contributed by atoms with Gasteiger partial charge in [-0.1, -0.05) is 30.3 Å². The number of anilines is 1. The monoisotopic (exact) mass is 591 g/mol. The van der Waals surface area contributed by atoms with Gasteiger partial charge in [-0.05, 0) is 61.2 Å². The smallest absolute Gasteiger partial charge is 0.384 e. The zero-order valence-electron chi connectivity index (χ0n) is 23.5. The van der Waals surface area contributed by atoms with Crippen LogP contribution in [0.5, 0.6) is 0 Å². The lowest BCUT2D eigenvalue weighted by atomic mass is 10.0. The van der Waals surface area contributed by atoms with Gasteiger partial charge >= 0.3 is 12.2 Å². The van der Waals surface area contributed by atoms with Crippen LogP contribution in [0.3, 0.4) is 0 Å². The highest BCUT2D eigenvalue weighted by molar-refractivity contribution is 5.97. The van der Waals surface area contributed by atoms with Crippen molar-refractivity contribution in [3.05, 3.63) is 94.8 Å². The highest BCUT2D eigenvalue weighted by atomic mass is 19.4. The first-order valence-electron chi connectivity index (χ1n) is 13.9. The number of rotatable bonds is 7. The summed E-state index contributed by atoms with van der Waals surface area (Å²) in [5.74, 6) is 0.810. The van der Waals surface area contributed by atoms with Crippen molar-refractivity contribution in [2.75, 3.05) is 18.4 Å². The van der Waals surface area contributed by atoms with Gasteiger partial charge in [-0.25, -0.2) is 9.78 Å². The van der Waals surface area contributed by atoms with E-state index in [1.165, 1.54) is 12.1 Å². The number of imidazole rings is 1. The first kappa shape index (κ1) is 29.6. The normalized spacial score (nSPS) is 14.1. The van der Waals surface area contributed by atoms with Crippen molar-refractivity contribution in [3.63, 3.8) is 0 Å². The van der Waals surface area contributed by atoms with E-state index in [1.54, 1.807) is 17.0 Å². The number of piperidine rings is 1. The third kappa shape index (κ3) is 6.96. The molecule has 0 radical (unpaired) electrons. The van der Waals surface area contributed by atoms with Crippen molar-refractivity contribution in [1.29, 1.82) is 5.41 Å². The molecule has 1 aliphatic rings. The van der Waals surface area contributed by atoms with Gasteiger partial charge in [0.2, 0.25) is 0 Å². The van der Waals surface area contributed by atoms with Crippen molar-refractivity contribution < 1.29 is 22.8 Å². The Kier molecular flexibility index (Phi) is 8.38. The number of amides is 3. The fraction of sp³-hybridized carbons (Fsp3) is 0.290. The van der Waals surface area contributed by atoms with Crippen LogP contribution < -0.4 is 16.4 Å². The Labute approximate surface area is 246 Å². The summed E-state index contributed by atoms with van der Waals surface area (Å²) < 4.78 is 40.9. The molecule has 5 rings (SSSR count). The minimum absolute atomic E-state index is 0.0353. The fourth-order valence-corrected chi connectivity index (χ4v) is 5.25. The fourth-order valence-electron chi connectivity index (χ4n) is 5.25. The minimum atomic E-state index is -4.50. The Bertz CT molecular complexity index is 1660. The number of aryl methyl sites for hydroxylation is 3. The van der Waals surface area contributed by atoms with E-state index < -0.39 is 17.8 Å². The van der Waals surface area contributed by atoms with Crippen LogP contribution in [0.25, 0.3) is 11.0 Å². The van der Waals surface area contributed by atoms with Gasteiger partial charge in [-0.2, -0.15) is 13.2 Å². The molecule has 12 heteroatoms. The third-order valence-corrected chi connectivity index (χ3v) is 7.69. The van der Waals surface area contributed by atoms with Gasteiger partial charge in [-0.15, -0.1) is 0 Å². The number of hydrogen-bond acceptors (Lipinski definition) is 4. The third-order valence-electron chi connectivity index (χ3n) is 7.69. The molecule has 1 aliphatic heterocycles. The number of hydrogen-bond donors (Lipinski definition) is 4. The molecule has 0 bridgehead atoms. The first-order valence-corrected chi connectivity index (χ1v) is 13.9. The zero-order valence-corrected chi connectivity index (χ0v) is 23.5. The predicted molar refractivity (Wildman–Crippen MR) is 158 cm³/mol. The van der Waals surface area contributed by atoms with Crippen LogP contribution in [0, 0.1) is 5.41 Å². The summed E-state index contributed by atoms with van der Waals surface area (Å²) in [4.78, 5) is 32.2. The van der Waals surface area contributed by atoms with Crippen LogP contribution in [0.2, 0.25) is 0 Å². The van der Waals surface area contributed by atoms with Gasteiger partial charge < -0.3 is 25.8 Å². The molecule has 0 aliphatic carbocycles. The average molecular weight is 592 g/mol. The van der Waals surface area contributed by atoms with E-state index in [0.29, 0.717) is 43.5 Å². The molecule has 1 saturated heterocycles. The van der Waals surface area contributed by atoms with Gasteiger partial charge in [-0.3, -0.25) is 10.2 Å². The van der Waals surface area contributed by atoms with Crippen LogP contribution >= 0.6 is 0 Å². The van der Waals surface area contributed by atoms with Crippen molar-refractivity contribution >= 4 is 34.5 Å². The van der Waals surface area contributed by atoms with Crippen molar-refractivity contribution in [3.8, 4) is 0 Å². The Morgan fingerprint density at radius 3 is 2.37 bits per heavy atom. The maximum atomic E-state index is 13.3. The maximum absolute atomic E-state index is 13.3. The molecular weight excluding hydrogens is 559 g/mol. The number of likely N-dealkylation sites (tertiary alicyclic amines) is 1. The molecule has 0 atom stereocenters. The minimum Gasteiger partial charge on any atom is -0.384 e. The van der Waals surface area contributed by atoms with Gasteiger partial charge in [0, 0.05) is 49.4 Å². The Morgan fingerprint density at radius 1 is 1.00 bits per heavy atom. The molecule has 4 aromatic rings. The summed E-state index contributed by atoms with van der Waals surface area (Å²) in [7, 11) is 1.95. The highest BCUT2D eigenvalue weighted by Gasteiger charge is 2.31. The van der Waals surface area contributed by atoms with E-state index in [-0.39, 0.29) is 23.5 Å². The predicted octanol–water partition coefficient (Wildman–Crippen LogP) is 5.09. The number of urea groups is 1. The topological polar surface area (TPSA) is 129 Å². The van der Waals surface area contributed by atoms with E-state index in [0.717, 1.165) is 41.0 Å². The van der Waals surface area contributed by atoms with Crippen LogP contribution in [0.1, 0.15) is 45.7 Å². The number of halogens is 3. The second-order valence-corrected chi connectivity index (χ2v) is 10.6. The number of aromatic nitrogens is 2. The number of carbonyl (C=O) groups excluding carboxylic acids is 2. The summed E-state index contributed by atoms with van der Waals surface area (Å²) in [6.45, 7) is 0.864. The number of amidine groups is 1. The Morgan fingerprint density at radius 2 is 1.70 bits per heavy atom. The van der Waals surface area contributed by atoms with Gasteiger partial charge in [0.15, 0.2) is 0 Å². The molecule has 3 aromatic carbocycles. The van der Waals surface area contributed by atoms with E-state index in [2.05, 4.69) is 10.6 Å². The quantitative estimate of drug-likeness (QED) is 0.176. The van der Waals surface area contributed by atoms with E-state index >= 15 is 0 Å². The van der Waals surface area contributed by atoms with Crippen LogP contribution in [-0.4, -0.2) is 51.4 Å². The number of nitrogens with one attached hydrogen (secondary N) is 3. The molecule has 1 fully saturated rings. The van der Waals surface area contributed by atoms with Crippen molar-refractivity contribution in [1.82, 2.24) is 19.8 Å². The Hall–Kier alpha value is -4.87. The molecular formula is C31H32F3N7O2. The molecule has 0 saturated carbocycles. The summed E-state index contributed by atoms with van der Waals surface area (Å²) in [5, 5.41) is 12.8. The lowest BCUT2D eigenvalue weighted by Crippen LogP contribution is -2.47. The van der Waals surface area contributed by atoms with Gasteiger partial charge in [0.25, 0.3) is 5.91 Å². The van der Waals surface area contributed by atoms with Gasteiger partial charge in [0.05, 0.1) is 16.6 Å². The molecule has 3 amide bonds. The van der Waals surface area contributed by atoms with Crippen LogP contribution in [-0.2, 0) is 26.1 Å². The lowest BCUT2D eigenvalue weighted by molar-refractivity contribution is -0.137. The molecule has 0 unspecified atom stereocenters. The highest BCUT2D eigenvalue weighted by Crippen LogP contribution is 2.30. The van der Waals surface area contributed by atoms with Crippen molar-refractivity contribution in [2.24, 2.45) is 12.8 Å². The molecule has 5 N–H and O–H groups in total. The number of carbonyl (C=O) groups is 2. The molecule has 1 aromatic heterocycles. The zero-order chi connectivity index (χ0) is 30.7. The number of nitrogens with two attached hydrogens (primary N) is 1. The maximum Gasteiger partial charge on any atom is 0.416 e. The van der Waals surface area contributed by atoms with Crippen molar-refractivity contribution in [2.45, 2.75) is 37.9 Å². The summed E-state index contributed by atoms with van der Waals surface area (Å²) in [6.07, 6.45) is -1.99. The molecule has 224 valence electrons. The SMILES string of the molecule is Cn1c(CCc2ccc(C(=N)N)cc2)nc2cc(C(=O)N3CCC(NC(=O)Nc4cccc(C(F)(F)F)c4)CC3)ccc21. The second kappa shape index (κ2) is 12.2. The summed E-state index contributed by atoms with van der Waals surface area (Å²) in [6, 6.07) is 16.7. The van der Waals surface area contributed by atoms with E-state index in [9.17, 15) is 22.8 Å². The second-order valence-electron chi connectivity index (χ2n) is 10.6. The van der Waals surface area contributed by atoms with E-state index in [1.807, 2.05) is 41.9 Å².